The third-order valence-corrected chi connectivity index (χ3v) is 5.05. The molecule has 32 heavy (non-hydrogen) atoms. The molecule has 2 amide bonds. The van der Waals surface area contributed by atoms with E-state index in [2.05, 4.69) is 5.32 Å². The highest BCUT2D eigenvalue weighted by atomic mass is 16.5. The monoisotopic (exact) mass is 438 g/mol. The lowest BCUT2D eigenvalue weighted by atomic mass is 10.1. The van der Waals surface area contributed by atoms with Gasteiger partial charge >= 0.3 is 11.9 Å². The van der Waals surface area contributed by atoms with E-state index in [0.29, 0.717) is 17.9 Å². The molecule has 1 aliphatic rings. The number of hydrogen-bond acceptors (Lipinski definition) is 6. The lowest BCUT2D eigenvalue weighted by Crippen LogP contribution is -2.28. The van der Waals surface area contributed by atoms with Crippen molar-refractivity contribution in [2.24, 2.45) is 5.92 Å². The summed E-state index contributed by atoms with van der Waals surface area (Å²) < 4.78 is 10.2. The van der Waals surface area contributed by atoms with Crippen LogP contribution in [0.25, 0.3) is 0 Å². The second-order valence-electron chi connectivity index (χ2n) is 7.56. The van der Waals surface area contributed by atoms with E-state index in [0.717, 1.165) is 17.7 Å². The molecule has 0 unspecified atom stereocenters. The maximum absolute atomic E-state index is 12.4. The van der Waals surface area contributed by atoms with Gasteiger partial charge in [-0.25, -0.2) is 4.79 Å². The van der Waals surface area contributed by atoms with E-state index in [1.807, 2.05) is 38.1 Å². The van der Waals surface area contributed by atoms with Crippen LogP contribution in [0.15, 0.2) is 48.5 Å². The molecular weight excluding hydrogens is 412 g/mol. The molecule has 0 saturated carbocycles. The Bertz CT molecular complexity index is 1000. The number of ether oxygens (including phenoxy) is 2. The summed E-state index contributed by atoms with van der Waals surface area (Å²) in [5.74, 6) is -2.30. The van der Waals surface area contributed by atoms with Crippen molar-refractivity contribution in [2.75, 3.05) is 30.0 Å². The molecule has 1 aliphatic heterocycles. The van der Waals surface area contributed by atoms with Crippen LogP contribution in [-0.2, 0) is 23.9 Å². The summed E-state index contributed by atoms with van der Waals surface area (Å²) in [6, 6.07) is 13.7. The number of carbonyl (C=O) groups is 4. The summed E-state index contributed by atoms with van der Waals surface area (Å²) >= 11 is 0. The van der Waals surface area contributed by atoms with Gasteiger partial charge in [-0.1, -0.05) is 25.1 Å². The van der Waals surface area contributed by atoms with Gasteiger partial charge in [0.1, 0.15) is 0 Å². The highest BCUT2D eigenvalue weighted by Crippen LogP contribution is 2.28. The molecule has 3 rings (SSSR count). The SMILES string of the molecule is CCCOC(=O)c1ccc(NC(=O)COC(=O)[C@H]2CC(=O)N(c3ccccc3C)C2)cc1. The van der Waals surface area contributed by atoms with Gasteiger partial charge in [0.25, 0.3) is 5.91 Å². The average Bonchev–Trinajstić information content (AvgIpc) is 3.18. The van der Waals surface area contributed by atoms with E-state index in [1.54, 1.807) is 29.2 Å². The van der Waals surface area contributed by atoms with Crippen molar-refractivity contribution in [3.05, 3.63) is 59.7 Å². The number of aryl methyl sites for hydroxylation is 1. The zero-order chi connectivity index (χ0) is 23.1. The van der Waals surface area contributed by atoms with Crippen LogP contribution in [0.2, 0.25) is 0 Å². The Kier molecular flexibility index (Phi) is 7.59. The van der Waals surface area contributed by atoms with Crippen molar-refractivity contribution in [2.45, 2.75) is 26.7 Å². The summed E-state index contributed by atoms with van der Waals surface area (Å²) in [7, 11) is 0. The van der Waals surface area contributed by atoms with Crippen molar-refractivity contribution in [1.82, 2.24) is 0 Å². The Labute approximate surface area is 186 Å². The van der Waals surface area contributed by atoms with Gasteiger partial charge in [-0.2, -0.15) is 0 Å². The van der Waals surface area contributed by atoms with E-state index in [1.165, 1.54) is 0 Å². The first kappa shape index (κ1) is 23.0. The van der Waals surface area contributed by atoms with E-state index in [-0.39, 0.29) is 18.9 Å². The van der Waals surface area contributed by atoms with Crippen molar-refractivity contribution in [1.29, 1.82) is 0 Å². The fraction of sp³-hybridized carbons (Fsp3) is 0.333. The minimum Gasteiger partial charge on any atom is -0.462 e. The van der Waals surface area contributed by atoms with E-state index < -0.39 is 30.4 Å². The molecule has 1 atom stereocenters. The van der Waals surface area contributed by atoms with Crippen LogP contribution in [0.4, 0.5) is 11.4 Å². The first-order valence-corrected chi connectivity index (χ1v) is 10.5. The van der Waals surface area contributed by atoms with Gasteiger partial charge in [-0.15, -0.1) is 0 Å². The number of rotatable bonds is 8. The van der Waals surface area contributed by atoms with Crippen molar-refractivity contribution in [3.63, 3.8) is 0 Å². The summed E-state index contributed by atoms with van der Waals surface area (Å²) in [5.41, 5.74) is 2.55. The number of esters is 2. The molecule has 0 radical (unpaired) electrons. The first-order valence-electron chi connectivity index (χ1n) is 10.5. The van der Waals surface area contributed by atoms with Gasteiger partial charge in [0.05, 0.1) is 18.1 Å². The number of amides is 2. The fourth-order valence-corrected chi connectivity index (χ4v) is 3.38. The zero-order valence-electron chi connectivity index (χ0n) is 18.1. The smallest absolute Gasteiger partial charge is 0.338 e. The fourth-order valence-electron chi connectivity index (χ4n) is 3.38. The second-order valence-corrected chi connectivity index (χ2v) is 7.56. The Morgan fingerprint density at radius 1 is 1.06 bits per heavy atom. The van der Waals surface area contributed by atoms with Gasteiger partial charge in [-0.05, 0) is 49.2 Å². The maximum atomic E-state index is 12.4. The summed E-state index contributed by atoms with van der Waals surface area (Å²) in [6.07, 6.45) is 0.780. The maximum Gasteiger partial charge on any atom is 0.338 e. The quantitative estimate of drug-likeness (QED) is 0.636. The Balaban J connectivity index is 1.48. The van der Waals surface area contributed by atoms with Crippen LogP contribution in [0, 0.1) is 12.8 Å². The van der Waals surface area contributed by atoms with Gasteiger partial charge in [0.2, 0.25) is 5.91 Å². The number of benzene rings is 2. The Morgan fingerprint density at radius 3 is 2.47 bits per heavy atom. The number of para-hydroxylation sites is 1. The number of hydrogen-bond donors (Lipinski definition) is 1. The van der Waals surface area contributed by atoms with Crippen molar-refractivity contribution < 1.29 is 28.7 Å². The van der Waals surface area contributed by atoms with E-state index in [9.17, 15) is 19.2 Å². The average molecular weight is 438 g/mol. The van der Waals surface area contributed by atoms with Crippen LogP contribution in [-0.4, -0.2) is 43.5 Å². The van der Waals surface area contributed by atoms with Gasteiger partial charge in [0.15, 0.2) is 6.61 Å². The summed E-state index contributed by atoms with van der Waals surface area (Å²) in [5, 5.41) is 2.60. The predicted molar refractivity (Wildman–Crippen MR) is 118 cm³/mol. The van der Waals surface area contributed by atoms with Gasteiger partial charge in [-0.3, -0.25) is 14.4 Å². The molecule has 0 spiro atoms. The lowest BCUT2D eigenvalue weighted by Gasteiger charge is -2.18. The summed E-state index contributed by atoms with van der Waals surface area (Å²) in [4.78, 5) is 50.3. The van der Waals surface area contributed by atoms with Crippen molar-refractivity contribution in [3.8, 4) is 0 Å². The van der Waals surface area contributed by atoms with Crippen LogP contribution < -0.4 is 10.2 Å². The zero-order valence-corrected chi connectivity index (χ0v) is 18.1. The predicted octanol–water partition coefficient (Wildman–Crippen LogP) is 3.10. The van der Waals surface area contributed by atoms with Crippen LogP contribution >= 0.6 is 0 Å². The molecule has 1 heterocycles. The third kappa shape index (κ3) is 5.72. The number of nitrogens with zero attached hydrogens (tertiary/aromatic N) is 1. The van der Waals surface area contributed by atoms with Gasteiger partial charge in [0, 0.05) is 24.3 Å². The van der Waals surface area contributed by atoms with E-state index in [4.69, 9.17) is 9.47 Å². The van der Waals surface area contributed by atoms with Crippen molar-refractivity contribution >= 4 is 35.1 Å². The highest BCUT2D eigenvalue weighted by Gasteiger charge is 2.36. The molecule has 2 aromatic carbocycles. The molecule has 1 fully saturated rings. The Morgan fingerprint density at radius 2 is 1.78 bits per heavy atom. The minimum absolute atomic E-state index is 0.0460. The second kappa shape index (κ2) is 10.6. The summed E-state index contributed by atoms with van der Waals surface area (Å²) in [6.45, 7) is 3.91. The molecule has 168 valence electrons. The molecule has 8 nitrogen and oxygen atoms in total. The topological polar surface area (TPSA) is 102 Å². The molecule has 8 heteroatoms. The first-order chi connectivity index (χ1) is 15.4. The minimum atomic E-state index is -0.622. The number of nitrogens with one attached hydrogen (secondary N) is 1. The Hall–Kier alpha value is -3.68. The molecule has 0 aromatic heterocycles. The molecule has 0 bridgehead atoms. The van der Waals surface area contributed by atoms with Crippen LogP contribution in [0.3, 0.4) is 0 Å². The van der Waals surface area contributed by atoms with Crippen LogP contribution in [0.1, 0.15) is 35.7 Å². The molecule has 0 aliphatic carbocycles. The third-order valence-electron chi connectivity index (χ3n) is 5.05. The standard InChI is InChI=1S/C24H26N2O6/c1-3-12-31-23(29)17-8-10-19(11-9-17)25-21(27)15-32-24(30)18-13-22(28)26(14-18)20-7-5-4-6-16(20)2/h4-11,18H,3,12-15H2,1-2H3,(H,25,27)/t18-/m0/s1. The molecular formula is C24H26N2O6. The largest absolute Gasteiger partial charge is 0.462 e. The van der Waals surface area contributed by atoms with E-state index >= 15 is 0 Å². The molecule has 1 saturated heterocycles. The normalized spacial score (nSPS) is 15.4. The number of anilines is 2. The van der Waals surface area contributed by atoms with Gasteiger partial charge < -0.3 is 19.7 Å². The molecule has 1 N–H and O–H groups in total. The lowest BCUT2D eigenvalue weighted by molar-refractivity contribution is -0.151. The number of carbonyl (C=O) groups excluding carboxylic acids is 4. The van der Waals surface area contributed by atoms with Crippen LogP contribution in [0.5, 0.6) is 0 Å². The molecule has 2 aromatic rings. The highest BCUT2D eigenvalue weighted by molar-refractivity contribution is 6.00.